The number of hydrogen-bond acceptors (Lipinski definition) is 5. The first-order chi connectivity index (χ1) is 14.6. The summed E-state index contributed by atoms with van der Waals surface area (Å²) in [5, 5.41) is 15.1. The minimum absolute atomic E-state index is 0.0226. The molecule has 3 rings (SSSR count). The number of nitrogens with zero attached hydrogens (tertiary/aromatic N) is 3. The fourth-order valence-corrected chi connectivity index (χ4v) is 4.38. The maximum atomic E-state index is 12.5. The van der Waals surface area contributed by atoms with Gasteiger partial charge in [-0.15, -0.1) is 16.8 Å². The van der Waals surface area contributed by atoms with E-state index in [4.69, 9.17) is 0 Å². The van der Waals surface area contributed by atoms with Crippen molar-refractivity contribution in [1.82, 2.24) is 25.4 Å². The van der Waals surface area contributed by atoms with Gasteiger partial charge in [-0.1, -0.05) is 55.3 Å². The molecule has 1 aromatic heterocycles. The molecule has 0 unspecified atom stereocenters. The first kappa shape index (κ1) is 22.1. The summed E-state index contributed by atoms with van der Waals surface area (Å²) in [6.07, 6.45) is 7.51. The quantitative estimate of drug-likeness (QED) is 0.474. The van der Waals surface area contributed by atoms with Gasteiger partial charge >= 0.3 is 0 Å². The Morgan fingerprint density at radius 3 is 2.73 bits per heavy atom. The van der Waals surface area contributed by atoms with Crippen LogP contribution >= 0.6 is 11.8 Å². The molecule has 0 atom stereocenters. The van der Waals surface area contributed by atoms with E-state index < -0.39 is 0 Å². The van der Waals surface area contributed by atoms with Gasteiger partial charge in [-0.05, 0) is 31.4 Å². The summed E-state index contributed by atoms with van der Waals surface area (Å²) >= 11 is 1.35. The minimum Gasteiger partial charge on any atom is -0.353 e. The van der Waals surface area contributed by atoms with Gasteiger partial charge in [0.15, 0.2) is 11.0 Å². The Bertz CT molecular complexity index is 889. The molecule has 7 nitrogen and oxygen atoms in total. The molecule has 0 radical (unpaired) electrons. The highest BCUT2D eigenvalue weighted by molar-refractivity contribution is 7.99. The summed E-state index contributed by atoms with van der Waals surface area (Å²) < 4.78 is 1.88. The molecule has 1 heterocycles. The minimum atomic E-state index is -0.151. The number of aryl methyl sites for hydroxylation is 1. The molecule has 30 heavy (non-hydrogen) atoms. The molecule has 2 aromatic rings. The molecular formula is C22H29N5O2S. The summed E-state index contributed by atoms with van der Waals surface area (Å²) in [6, 6.07) is 7.74. The largest absolute Gasteiger partial charge is 0.353 e. The van der Waals surface area contributed by atoms with Crippen LogP contribution in [0.4, 0.5) is 0 Å². The zero-order chi connectivity index (χ0) is 21.3. The number of benzene rings is 1. The lowest BCUT2D eigenvalue weighted by Gasteiger charge is -2.22. The molecule has 0 spiro atoms. The van der Waals surface area contributed by atoms with Gasteiger partial charge in [0, 0.05) is 18.2 Å². The zero-order valence-corrected chi connectivity index (χ0v) is 18.2. The second-order valence-corrected chi connectivity index (χ2v) is 8.43. The van der Waals surface area contributed by atoms with Crippen LogP contribution in [-0.4, -0.2) is 38.4 Å². The molecule has 2 amide bonds. The number of amides is 2. The number of allylic oxidation sites excluding steroid dienone is 1. The van der Waals surface area contributed by atoms with Gasteiger partial charge in [-0.2, -0.15) is 0 Å². The lowest BCUT2D eigenvalue weighted by atomic mass is 9.95. The summed E-state index contributed by atoms with van der Waals surface area (Å²) in [5.74, 6) is 0.797. The summed E-state index contributed by atoms with van der Waals surface area (Å²) in [5.41, 5.74) is 1.56. The fraction of sp³-hybridized carbons (Fsp3) is 0.455. The lowest BCUT2D eigenvalue weighted by molar-refractivity contribution is -0.119. The predicted molar refractivity (Wildman–Crippen MR) is 118 cm³/mol. The monoisotopic (exact) mass is 427 g/mol. The van der Waals surface area contributed by atoms with Crippen LogP contribution in [0.5, 0.6) is 0 Å². The van der Waals surface area contributed by atoms with E-state index in [9.17, 15) is 9.59 Å². The van der Waals surface area contributed by atoms with Crippen LogP contribution < -0.4 is 10.6 Å². The Morgan fingerprint density at radius 2 is 2.00 bits per heavy atom. The van der Waals surface area contributed by atoms with Gasteiger partial charge < -0.3 is 15.2 Å². The summed E-state index contributed by atoms with van der Waals surface area (Å²) in [7, 11) is 0. The average molecular weight is 428 g/mol. The Balaban J connectivity index is 1.57. The zero-order valence-electron chi connectivity index (χ0n) is 17.4. The van der Waals surface area contributed by atoms with Crippen molar-refractivity contribution in [2.24, 2.45) is 0 Å². The van der Waals surface area contributed by atoms with Gasteiger partial charge in [0.1, 0.15) is 0 Å². The Hall–Kier alpha value is -2.61. The number of carbonyl (C=O) groups is 2. The van der Waals surface area contributed by atoms with Crippen molar-refractivity contribution in [1.29, 1.82) is 0 Å². The van der Waals surface area contributed by atoms with E-state index in [0.29, 0.717) is 34.9 Å². The average Bonchev–Trinajstić information content (AvgIpc) is 3.13. The maximum Gasteiger partial charge on any atom is 0.251 e. The number of thioether (sulfide) groups is 1. The topological polar surface area (TPSA) is 88.9 Å². The molecule has 0 bridgehead atoms. The molecule has 0 aliphatic heterocycles. The van der Waals surface area contributed by atoms with E-state index in [1.165, 1.54) is 31.0 Å². The fourth-order valence-electron chi connectivity index (χ4n) is 3.60. The van der Waals surface area contributed by atoms with Crippen LogP contribution in [0, 0.1) is 6.92 Å². The van der Waals surface area contributed by atoms with Crippen LogP contribution in [0.3, 0.4) is 0 Å². The highest BCUT2D eigenvalue weighted by atomic mass is 32.2. The Morgan fingerprint density at radius 1 is 1.23 bits per heavy atom. The molecule has 2 N–H and O–H groups in total. The molecule has 8 heteroatoms. The van der Waals surface area contributed by atoms with Crippen molar-refractivity contribution in [3.63, 3.8) is 0 Å². The smallest absolute Gasteiger partial charge is 0.251 e. The van der Waals surface area contributed by atoms with Gasteiger partial charge in [0.25, 0.3) is 5.91 Å². The highest BCUT2D eigenvalue weighted by Gasteiger charge is 2.18. The molecule has 1 saturated carbocycles. The van der Waals surface area contributed by atoms with Crippen LogP contribution in [0.15, 0.2) is 42.1 Å². The molecule has 160 valence electrons. The molecule has 0 saturated heterocycles. The first-order valence-electron chi connectivity index (χ1n) is 10.4. The number of carbonyl (C=O) groups excluding carboxylic acids is 2. The van der Waals surface area contributed by atoms with Gasteiger partial charge in [0.2, 0.25) is 5.91 Å². The second kappa shape index (κ2) is 11.0. The number of hydrogen-bond donors (Lipinski definition) is 2. The lowest BCUT2D eigenvalue weighted by Crippen LogP contribution is -2.37. The predicted octanol–water partition coefficient (Wildman–Crippen LogP) is 3.24. The van der Waals surface area contributed by atoms with E-state index >= 15 is 0 Å². The van der Waals surface area contributed by atoms with Crippen molar-refractivity contribution >= 4 is 23.6 Å². The van der Waals surface area contributed by atoms with E-state index in [1.54, 1.807) is 12.1 Å². The third-order valence-corrected chi connectivity index (χ3v) is 6.17. The molecule has 1 aliphatic carbocycles. The van der Waals surface area contributed by atoms with Crippen LogP contribution in [0.25, 0.3) is 0 Å². The van der Waals surface area contributed by atoms with Crippen molar-refractivity contribution in [3.8, 4) is 0 Å². The number of aromatic nitrogens is 3. The highest BCUT2D eigenvalue weighted by Crippen LogP contribution is 2.20. The standard InChI is InChI=1S/C22H29N5O2S/c1-3-13-27-19(14-23-21(29)18-12-8-7-9-16(18)2)25-26-22(27)30-15-20(28)24-17-10-5-4-6-11-17/h3,7-9,12,17H,1,4-6,10-11,13-15H2,2H3,(H,23,29)(H,24,28). The Kier molecular flexibility index (Phi) is 8.07. The van der Waals surface area contributed by atoms with E-state index in [0.717, 1.165) is 18.4 Å². The number of nitrogens with one attached hydrogen (secondary N) is 2. The van der Waals surface area contributed by atoms with Crippen molar-refractivity contribution < 1.29 is 9.59 Å². The Labute approximate surface area is 181 Å². The van der Waals surface area contributed by atoms with Crippen molar-refractivity contribution in [3.05, 3.63) is 53.9 Å². The molecule has 1 aromatic carbocycles. The van der Waals surface area contributed by atoms with Gasteiger partial charge in [-0.25, -0.2) is 0 Å². The van der Waals surface area contributed by atoms with E-state index in [1.807, 2.05) is 29.7 Å². The third-order valence-electron chi connectivity index (χ3n) is 5.20. The SMILES string of the molecule is C=CCn1c(CNC(=O)c2ccccc2C)nnc1SCC(=O)NC1CCCCC1. The second-order valence-electron chi connectivity index (χ2n) is 7.49. The van der Waals surface area contributed by atoms with Crippen molar-refractivity contribution in [2.75, 3.05) is 5.75 Å². The van der Waals surface area contributed by atoms with E-state index in [2.05, 4.69) is 27.4 Å². The summed E-state index contributed by atoms with van der Waals surface area (Å²) in [6.45, 7) is 6.46. The third kappa shape index (κ3) is 5.95. The summed E-state index contributed by atoms with van der Waals surface area (Å²) in [4.78, 5) is 24.8. The van der Waals surface area contributed by atoms with Gasteiger partial charge in [-0.3, -0.25) is 9.59 Å². The number of rotatable bonds is 9. The van der Waals surface area contributed by atoms with Crippen LogP contribution in [-0.2, 0) is 17.9 Å². The first-order valence-corrected chi connectivity index (χ1v) is 11.4. The van der Waals surface area contributed by atoms with Crippen molar-refractivity contribution in [2.45, 2.75) is 63.3 Å². The normalized spacial score (nSPS) is 14.3. The van der Waals surface area contributed by atoms with Gasteiger partial charge in [0.05, 0.1) is 12.3 Å². The van der Waals surface area contributed by atoms with E-state index in [-0.39, 0.29) is 18.4 Å². The van der Waals surface area contributed by atoms with Crippen LogP contribution in [0.1, 0.15) is 53.8 Å². The molecular weight excluding hydrogens is 398 g/mol. The molecule has 1 aliphatic rings. The molecule has 1 fully saturated rings. The maximum absolute atomic E-state index is 12.5. The van der Waals surface area contributed by atoms with Crippen LogP contribution in [0.2, 0.25) is 0 Å².